The van der Waals surface area contributed by atoms with Crippen LogP contribution in [0.1, 0.15) is 18.9 Å². The Morgan fingerprint density at radius 1 is 1.24 bits per heavy atom. The Morgan fingerprint density at radius 3 is 2.65 bits per heavy atom. The largest absolute Gasteiger partial charge is 0.373 e. The second-order valence-corrected chi connectivity index (χ2v) is 4.79. The lowest BCUT2D eigenvalue weighted by molar-refractivity contribution is 0.919. The van der Waals surface area contributed by atoms with E-state index in [0.717, 1.165) is 29.6 Å². The summed E-state index contributed by atoms with van der Waals surface area (Å²) in [6, 6.07) is 5.68. The highest BCUT2D eigenvalue weighted by molar-refractivity contribution is 6.38. The standard InChI is InChI=1S/C13H14Cl2N2/c1-3-4-8-5-10-11(15)6-9(14)7-12(10)17-13(8)16-2/h5-7H,3-4H2,1-2H3,(H,16,17). The SMILES string of the molecule is CCCc1cc2c(Cl)cc(Cl)cc2nc1NC. The number of pyridine rings is 1. The summed E-state index contributed by atoms with van der Waals surface area (Å²) in [4.78, 5) is 4.55. The third kappa shape index (κ3) is 2.48. The second-order valence-electron chi connectivity index (χ2n) is 3.95. The summed E-state index contributed by atoms with van der Waals surface area (Å²) >= 11 is 12.2. The number of nitrogens with zero attached hydrogens (tertiary/aromatic N) is 1. The predicted molar refractivity (Wildman–Crippen MR) is 75.3 cm³/mol. The lowest BCUT2D eigenvalue weighted by atomic mass is 10.1. The quantitative estimate of drug-likeness (QED) is 0.885. The van der Waals surface area contributed by atoms with E-state index >= 15 is 0 Å². The van der Waals surface area contributed by atoms with Gasteiger partial charge in [0.1, 0.15) is 5.82 Å². The minimum absolute atomic E-state index is 0.611. The molecular weight excluding hydrogens is 255 g/mol. The van der Waals surface area contributed by atoms with Crippen LogP contribution in [0.5, 0.6) is 0 Å². The molecule has 0 aliphatic carbocycles. The molecule has 1 N–H and O–H groups in total. The van der Waals surface area contributed by atoms with E-state index < -0.39 is 0 Å². The second kappa shape index (κ2) is 5.11. The van der Waals surface area contributed by atoms with Crippen LogP contribution in [0, 0.1) is 0 Å². The van der Waals surface area contributed by atoms with Crippen molar-refractivity contribution in [2.45, 2.75) is 19.8 Å². The Kier molecular flexibility index (Phi) is 3.75. The van der Waals surface area contributed by atoms with Crippen LogP contribution >= 0.6 is 23.2 Å². The zero-order valence-corrected chi connectivity index (χ0v) is 11.4. The molecule has 17 heavy (non-hydrogen) atoms. The first-order valence-corrected chi connectivity index (χ1v) is 6.37. The van der Waals surface area contributed by atoms with Gasteiger partial charge in [-0.3, -0.25) is 0 Å². The molecule has 0 atom stereocenters. The average molecular weight is 269 g/mol. The van der Waals surface area contributed by atoms with Crippen LogP contribution in [-0.4, -0.2) is 12.0 Å². The summed E-state index contributed by atoms with van der Waals surface area (Å²) in [6.45, 7) is 2.15. The molecule has 0 amide bonds. The number of nitrogens with one attached hydrogen (secondary N) is 1. The van der Waals surface area contributed by atoms with Gasteiger partial charge in [-0.2, -0.15) is 0 Å². The number of rotatable bonds is 3. The molecule has 2 rings (SSSR count). The topological polar surface area (TPSA) is 24.9 Å². The third-order valence-corrected chi connectivity index (χ3v) is 3.21. The zero-order valence-electron chi connectivity index (χ0n) is 9.85. The lowest BCUT2D eigenvalue weighted by Crippen LogP contribution is -1.99. The Morgan fingerprint density at radius 2 is 2.00 bits per heavy atom. The van der Waals surface area contributed by atoms with E-state index in [9.17, 15) is 0 Å². The van der Waals surface area contributed by atoms with Crippen LogP contribution in [-0.2, 0) is 6.42 Å². The van der Waals surface area contributed by atoms with Crippen molar-refractivity contribution < 1.29 is 0 Å². The molecule has 0 aliphatic rings. The molecule has 1 aromatic heterocycles. The highest BCUT2D eigenvalue weighted by Gasteiger charge is 2.08. The van der Waals surface area contributed by atoms with Crippen LogP contribution in [0.2, 0.25) is 10.0 Å². The molecular formula is C13H14Cl2N2. The van der Waals surface area contributed by atoms with E-state index in [4.69, 9.17) is 23.2 Å². The number of hydrogen-bond donors (Lipinski definition) is 1. The maximum absolute atomic E-state index is 6.19. The fourth-order valence-corrected chi connectivity index (χ4v) is 2.46. The lowest BCUT2D eigenvalue weighted by Gasteiger charge is -2.10. The van der Waals surface area contributed by atoms with Gasteiger partial charge in [-0.15, -0.1) is 0 Å². The maximum Gasteiger partial charge on any atom is 0.129 e. The predicted octanol–water partition coefficient (Wildman–Crippen LogP) is 4.54. The Labute approximate surface area is 111 Å². The van der Waals surface area contributed by atoms with Crippen molar-refractivity contribution in [1.29, 1.82) is 0 Å². The van der Waals surface area contributed by atoms with E-state index in [1.54, 1.807) is 6.07 Å². The number of aryl methyl sites for hydroxylation is 1. The summed E-state index contributed by atoms with van der Waals surface area (Å²) < 4.78 is 0. The van der Waals surface area contributed by atoms with Crippen LogP contribution < -0.4 is 5.32 Å². The molecule has 0 bridgehead atoms. The Hall–Kier alpha value is -0.990. The highest BCUT2D eigenvalue weighted by Crippen LogP contribution is 2.30. The smallest absolute Gasteiger partial charge is 0.129 e. The molecule has 1 aromatic carbocycles. The first kappa shape index (κ1) is 12.5. The van der Waals surface area contributed by atoms with Crippen molar-refractivity contribution in [3.8, 4) is 0 Å². The van der Waals surface area contributed by atoms with Crippen molar-refractivity contribution in [2.75, 3.05) is 12.4 Å². The maximum atomic E-state index is 6.19. The van der Waals surface area contributed by atoms with E-state index in [2.05, 4.69) is 23.3 Å². The van der Waals surface area contributed by atoms with Gasteiger partial charge in [-0.05, 0) is 30.2 Å². The Bertz CT molecular complexity index is 553. The van der Waals surface area contributed by atoms with Gasteiger partial charge in [0.15, 0.2) is 0 Å². The number of halogens is 2. The van der Waals surface area contributed by atoms with Gasteiger partial charge in [-0.1, -0.05) is 36.5 Å². The molecule has 90 valence electrons. The molecule has 2 nitrogen and oxygen atoms in total. The monoisotopic (exact) mass is 268 g/mol. The number of fused-ring (bicyclic) bond motifs is 1. The first-order valence-electron chi connectivity index (χ1n) is 5.62. The van der Waals surface area contributed by atoms with Crippen molar-refractivity contribution >= 4 is 39.9 Å². The van der Waals surface area contributed by atoms with Gasteiger partial charge < -0.3 is 5.32 Å². The molecule has 2 aromatic rings. The van der Waals surface area contributed by atoms with Crippen molar-refractivity contribution in [2.24, 2.45) is 0 Å². The van der Waals surface area contributed by atoms with E-state index in [0.29, 0.717) is 10.0 Å². The number of aromatic nitrogens is 1. The third-order valence-electron chi connectivity index (χ3n) is 2.68. The number of anilines is 1. The van der Waals surface area contributed by atoms with Crippen LogP contribution in [0.3, 0.4) is 0 Å². The van der Waals surface area contributed by atoms with E-state index in [1.807, 2.05) is 13.1 Å². The van der Waals surface area contributed by atoms with Gasteiger partial charge in [0.25, 0.3) is 0 Å². The van der Waals surface area contributed by atoms with Crippen LogP contribution in [0.25, 0.3) is 10.9 Å². The van der Waals surface area contributed by atoms with Crippen LogP contribution in [0.15, 0.2) is 18.2 Å². The van der Waals surface area contributed by atoms with Crippen molar-refractivity contribution in [3.63, 3.8) is 0 Å². The molecule has 0 saturated heterocycles. The van der Waals surface area contributed by atoms with Crippen molar-refractivity contribution in [1.82, 2.24) is 4.98 Å². The minimum Gasteiger partial charge on any atom is -0.373 e. The van der Waals surface area contributed by atoms with Crippen molar-refractivity contribution in [3.05, 3.63) is 33.8 Å². The minimum atomic E-state index is 0.611. The molecule has 4 heteroatoms. The van der Waals surface area contributed by atoms with E-state index in [-0.39, 0.29) is 0 Å². The first-order chi connectivity index (χ1) is 8.15. The van der Waals surface area contributed by atoms with Gasteiger partial charge in [0, 0.05) is 17.5 Å². The number of hydrogen-bond acceptors (Lipinski definition) is 2. The fourth-order valence-electron chi connectivity index (χ4n) is 1.92. The zero-order chi connectivity index (χ0) is 12.4. The van der Waals surface area contributed by atoms with Gasteiger partial charge in [0.05, 0.1) is 10.5 Å². The summed E-state index contributed by atoms with van der Waals surface area (Å²) in [7, 11) is 1.87. The molecule has 0 radical (unpaired) electrons. The van der Waals surface area contributed by atoms with Gasteiger partial charge in [-0.25, -0.2) is 4.98 Å². The average Bonchev–Trinajstić information content (AvgIpc) is 2.29. The molecule has 0 spiro atoms. The Balaban J connectivity index is 2.69. The summed E-state index contributed by atoms with van der Waals surface area (Å²) in [5.74, 6) is 0.901. The summed E-state index contributed by atoms with van der Waals surface area (Å²) in [5, 5.41) is 5.34. The van der Waals surface area contributed by atoms with Gasteiger partial charge >= 0.3 is 0 Å². The van der Waals surface area contributed by atoms with Gasteiger partial charge in [0.2, 0.25) is 0 Å². The summed E-state index contributed by atoms with van der Waals surface area (Å²) in [6.07, 6.45) is 2.06. The fraction of sp³-hybridized carbons (Fsp3) is 0.308. The highest BCUT2D eigenvalue weighted by atomic mass is 35.5. The summed E-state index contributed by atoms with van der Waals surface area (Å²) in [5.41, 5.74) is 2.01. The molecule has 0 saturated carbocycles. The number of benzene rings is 1. The molecule has 0 unspecified atom stereocenters. The molecule has 1 heterocycles. The normalized spacial score (nSPS) is 10.8. The van der Waals surface area contributed by atoms with Crippen LogP contribution in [0.4, 0.5) is 5.82 Å². The molecule has 0 fully saturated rings. The van der Waals surface area contributed by atoms with E-state index in [1.165, 1.54) is 5.56 Å². The molecule has 0 aliphatic heterocycles.